The molecule has 0 unspecified atom stereocenters. The third-order valence-corrected chi connectivity index (χ3v) is 4.08. The zero-order chi connectivity index (χ0) is 15.5. The van der Waals surface area contributed by atoms with E-state index < -0.39 is 0 Å². The minimum absolute atomic E-state index is 0.484. The van der Waals surface area contributed by atoms with Crippen LogP contribution in [0.5, 0.6) is 0 Å². The van der Waals surface area contributed by atoms with Crippen molar-refractivity contribution in [2.45, 2.75) is 24.3 Å². The number of aromatic nitrogens is 5. The standard InChI is InChI=1S/C13H13ClN6OS/c1-8-17-18-13(20(8)15)22-7-12-16-11(19-21-12)6-9-3-2-4-10(14)5-9/h2-5H,6-7,15H2,1H3. The van der Waals surface area contributed by atoms with E-state index in [9.17, 15) is 0 Å². The van der Waals surface area contributed by atoms with E-state index >= 15 is 0 Å². The Balaban J connectivity index is 1.63. The maximum Gasteiger partial charge on any atom is 0.237 e. The molecule has 0 saturated carbocycles. The summed E-state index contributed by atoms with van der Waals surface area (Å²) in [6.07, 6.45) is 0.570. The molecule has 0 aliphatic carbocycles. The van der Waals surface area contributed by atoms with Crippen LogP contribution in [0.2, 0.25) is 5.02 Å². The first-order valence-corrected chi connectivity index (χ1v) is 7.84. The van der Waals surface area contributed by atoms with Gasteiger partial charge in [-0.05, 0) is 24.6 Å². The zero-order valence-corrected chi connectivity index (χ0v) is 13.3. The predicted molar refractivity (Wildman–Crippen MR) is 83.0 cm³/mol. The molecule has 0 amide bonds. The molecule has 0 saturated heterocycles. The van der Waals surface area contributed by atoms with Crippen molar-refractivity contribution in [3.05, 3.63) is 52.4 Å². The van der Waals surface area contributed by atoms with Crippen LogP contribution in [0.1, 0.15) is 23.1 Å². The molecule has 0 atom stereocenters. The second-order valence-electron chi connectivity index (χ2n) is 4.60. The number of nitrogens with two attached hydrogens (primary N) is 1. The van der Waals surface area contributed by atoms with Gasteiger partial charge in [0.1, 0.15) is 5.82 Å². The van der Waals surface area contributed by atoms with E-state index in [1.807, 2.05) is 24.3 Å². The van der Waals surface area contributed by atoms with E-state index in [1.54, 1.807) is 6.92 Å². The molecular formula is C13H13ClN6OS. The second-order valence-corrected chi connectivity index (χ2v) is 5.98. The van der Waals surface area contributed by atoms with Gasteiger partial charge in [-0.15, -0.1) is 10.2 Å². The van der Waals surface area contributed by atoms with Gasteiger partial charge in [0.25, 0.3) is 0 Å². The molecule has 0 spiro atoms. The van der Waals surface area contributed by atoms with E-state index in [1.165, 1.54) is 16.4 Å². The number of hydrogen-bond donors (Lipinski definition) is 1. The van der Waals surface area contributed by atoms with E-state index in [0.717, 1.165) is 5.56 Å². The normalized spacial score (nSPS) is 11.0. The first kappa shape index (κ1) is 14.9. The molecular weight excluding hydrogens is 324 g/mol. The number of thioether (sulfide) groups is 1. The first-order chi connectivity index (χ1) is 10.6. The average molecular weight is 337 g/mol. The third-order valence-electron chi connectivity index (χ3n) is 2.92. The Morgan fingerprint density at radius 3 is 2.95 bits per heavy atom. The van der Waals surface area contributed by atoms with Gasteiger partial charge in [-0.25, -0.2) is 4.68 Å². The highest BCUT2D eigenvalue weighted by molar-refractivity contribution is 7.98. The number of nitrogens with zero attached hydrogens (tertiary/aromatic N) is 5. The molecule has 0 aliphatic heterocycles. The zero-order valence-electron chi connectivity index (χ0n) is 11.7. The summed E-state index contributed by atoms with van der Waals surface area (Å²) in [5.74, 6) is 8.04. The Labute approximate surface area is 135 Å². The van der Waals surface area contributed by atoms with Crippen LogP contribution in [0, 0.1) is 6.92 Å². The number of hydrogen-bond acceptors (Lipinski definition) is 7. The van der Waals surface area contributed by atoms with Crippen molar-refractivity contribution in [2.75, 3.05) is 5.84 Å². The largest absolute Gasteiger partial charge is 0.338 e. The number of rotatable bonds is 5. The molecule has 2 heterocycles. The van der Waals surface area contributed by atoms with Gasteiger partial charge in [-0.1, -0.05) is 40.7 Å². The van der Waals surface area contributed by atoms with Crippen molar-refractivity contribution < 1.29 is 4.52 Å². The highest BCUT2D eigenvalue weighted by Crippen LogP contribution is 2.20. The lowest BCUT2D eigenvalue weighted by molar-refractivity contribution is 0.385. The molecule has 0 radical (unpaired) electrons. The topological polar surface area (TPSA) is 95.6 Å². The minimum atomic E-state index is 0.484. The predicted octanol–water partition coefficient (Wildman–Crippen LogP) is 2.22. The summed E-state index contributed by atoms with van der Waals surface area (Å²) in [6.45, 7) is 1.78. The summed E-state index contributed by atoms with van der Waals surface area (Å²) >= 11 is 7.35. The molecule has 0 aliphatic rings. The molecule has 22 heavy (non-hydrogen) atoms. The van der Waals surface area contributed by atoms with Crippen LogP contribution >= 0.6 is 23.4 Å². The smallest absolute Gasteiger partial charge is 0.237 e. The number of nitrogen functional groups attached to an aromatic ring is 1. The highest BCUT2D eigenvalue weighted by Gasteiger charge is 2.11. The lowest BCUT2D eigenvalue weighted by atomic mass is 10.1. The van der Waals surface area contributed by atoms with Gasteiger partial charge in [0.05, 0.1) is 5.75 Å². The summed E-state index contributed by atoms with van der Waals surface area (Å²) in [6, 6.07) is 7.57. The Hall–Kier alpha value is -2.06. The van der Waals surface area contributed by atoms with Gasteiger partial charge in [0.15, 0.2) is 5.82 Å². The first-order valence-electron chi connectivity index (χ1n) is 6.47. The third kappa shape index (κ3) is 3.40. The van der Waals surface area contributed by atoms with Crippen molar-refractivity contribution in [3.8, 4) is 0 Å². The number of aryl methyl sites for hydroxylation is 1. The molecule has 3 aromatic rings. The molecule has 7 nitrogen and oxygen atoms in total. The SMILES string of the molecule is Cc1nnc(SCc2nc(Cc3cccc(Cl)c3)no2)n1N. The summed E-state index contributed by atoms with van der Waals surface area (Å²) in [5, 5.41) is 13.1. The monoisotopic (exact) mass is 336 g/mol. The fourth-order valence-electron chi connectivity index (χ4n) is 1.82. The van der Waals surface area contributed by atoms with Gasteiger partial charge >= 0.3 is 0 Å². The van der Waals surface area contributed by atoms with Crippen molar-refractivity contribution >= 4 is 23.4 Å². The lowest BCUT2D eigenvalue weighted by Gasteiger charge is -1.98. The van der Waals surface area contributed by atoms with Crippen LogP contribution in [-0.4, -0.2) is 25.0 Å². The van der Waals surface area contributed by atoms with Crippen LogP contribution in [0.25, 0.3) is 0 Å². The summed E-state index contributed by atoms with van der Waals surface area (Å²) in [4.78, 5) is 4.35. The van der Waals surface area contributed by atoms with Gasteiger partial charge in [0, 0.05) is 11.4 Å². The molecule has 114 valence electrons. The molecule has 9 heteroatoms. The Bertz CT molecular complexity index is 786. The van der Waals surface area contributed by atoms with E-state index in [-0.39, 0.29) is 0 Å². The van der Waals surface area contributed by atoms with E-state index in [0.29, 0.717) is 39.9 Å². The van der Waals surface area contributed by atoms with E-state index in [4.69, 9.17) is 22.0 Å². The van der Waals surface area contributed by atoms with Crippen LogP contribution in [0.3, 0.4) is 0 Å². The fourth-order valence-corrected chi connectivity index (χ4v) is 2.78. The van der Waals surface area contributed by atoms with Crippen LogP contribution in [0.15, 0.2) is 33.9 Å². The quantitative estimate of drug-likeness (QED) is 0.563. The van der Waals surface area contributed by atoms with Crippen LogP contribution < -0.4 is 5.84 Å². The van der Waals surface area contributed by atoms with Gasteiger partial charge < -0.3 is 10.4 Å². The number of benzene rings is 1. The Morgan fingerprint density at radius 2 is 2.23 bits per heavy atom. The number of halogens is 1. The maximum atomic E-state index is 5.96. The van der Waals surface area contributed by atoms with Crippen LogP contribution in [0.4, 0.5) is 0 Å². The summed E-state index contributed by atoms with van der Waals surface area (Å²) in [7, 11) is 0. The van der Waals surface area contributed by atoms with Gasteiger partial charge in [-0.2, -0.15) is 4.98 Å². The summed E-state index contributed by atoms with van der Waals surface area (Å²) < 4.78 is 6.65. The molecule has 1 aromatic carbocycles. The maximum absolute atomic E-state index is 5.96. The molecule has 0 fully saturated rings. The van der Waals surface area contributed by atoms with Crippen LogP contribution in [-0.2, 0) is 12.2 Å². The fraction of sp³-hybridized carbons (Fsp3) is 0.231. The Morgan fingerprint density at radius 1 is 1.36 bits per heavy atom. The molecule has 0 bridgehead atoms. The summed E-state index contributed by atoms with van der Waals surface area (Å²) in [5.41, 5.74) is 1.03. The van der Waals surface area contributed by atoms with Crippen molar-refractivity contribution in [2.24, 2.45) is 0 Å². The van der Waals surface area contributed by atoms with Crippen molar-refractivity contribution in [1.82, 2.24) is 25.0 Å². The van der Waals surface area contributed by atoms with Crippen molar-refractivity contribution in [1.29, 1.82) is 0 Å². The molecule has 2 N–H and O–H groups in total. The minimum Gasteiger partial charge on any atom is -0.338 e. The van der Waals surface area contributed by atoms with Gasteiger partial charge in [-0.3, -0.25) is 0 Å². The second kappa shape index (κ2) is 6.37. The van der Waals surface area contributed by atoms with E-state index in [2.05, 4.69) is 20.3 Å². The molecule has 2 aromatic heterocycles. The molecule has 3 rings (SSSR count). The highest BCUT2D eigenvalue weighted by atomic mass is 35.5. The average Bonchev–Trinajstić information content (AvgIpc) is 3.06. The van der Waals surface area contributed by atoms with Crippen molar-refractivity contribution in [3.63, 3.8) is 0 Å². The lowest BCUT2D eigenvalue weighted by Crippen LogP contribution is -2.11. The Kier molecular flexibility index (Phi) is 4.30. The van der Waals surface area contributed by atoms with Gasteiger partial charge in [0.2, 0.25) is 11.0 Å².